The fourth-order valence-electron chi connectivity index (χ4n) is 1.86. The van der Waals surface area contributed by atoms with Gasteiger partial charge in [0.2, 0.25) is 0 Å². The monoisotopic (exact) mass is 241 g/mol. The van der Waals surface area contributed by atoms with E-state index in [1.165, 1.54) is 0 Å². The average molecular weight is 241 g/mol. The second kappa shape index (κ2) is 4.10. The molecule has 2 heterocycles. The molecule has 0 aromatic carbocycles. The zero-order valence-corrected chi connectivity index (χ0v) is 10.00. The fraction of sp³-hybridized carbons (Fsp3) is 0.600. The standard InChI is InChI=1S/C10H15N3O2S/c1-10(3-6-16(14,15)8-10)13-7-9-11-4-2-5-12-9/h2,4-5,13H,3,6-8H2,1H3. The lowest BCUT2D eigenvalue weighted by atomic mass is 10.0. The van der Waals surface area contributed by atoms with E-state index in [0.717, 1.165) is 0 Å². The highest BCUT2D eigenvalue weighted by Crippen LogP contribution is 2.22. The molecule has 6 heteroatoms. The molecule has 1 unspecified atom stereocenters. The number of hydrogen-bond donors (Lipinski definition) is 1. The summed E-state index contributed by atoms with van der Waals surface area (Å²) in [6.07, 6.45) is 4.01. The summed E-state index contributed by atoms with van der Waals surface area (Å²) < 4.78 is 22.8. The summed E-state index contributed by atoms with van der Waals surface area (Å²) in [6.45, 7) is 2.44. The van der Waals surface area contributed by atoms with Crippen LogP contribution in [0.2, 0.25) is 0 Å². The maximum Gasteiger partial charge on any atom is 0.152 e. The van der Waals surface area contributed by atoms with E-state index in [0.29, 0.717) is 18.8 Å². The van der Waals surface area contributed by atoms with Gasteiger partial charge < -0.3 is 5.32 Å². The Labute approximate surface area is 95.2 Å². The lowest BCUT2D eigenvalue weighted by Gasteiger charge is -2.23. The highest BCUT2D eigenvalue weighted by Gasteiger charge is 2.37. The van der Waals surface area contributed by atoms with E-state index in [2.05, 4.69) is 15.3 Å². The molecule has 1 saturated heterocycles. The summed E-state index contributed by atoms with van der Waals surface area (Å²) in [4.78, 5) is 8.17. The van der Waals surface area contributed by atoms with Crippen LogP contribution in [0.3, 0.4) is 0 Å². The molecule has 1 aromatic heterocycles. The van der Waals surface area contributed by atoms with Gasteiger partial charge in [-0.2, -0.15) is 0 Å². The van der Waals surface area contributed by atoms with Crippen molar-refractivity contribution in [3.05, 3.63) is 24.3 Å². The van der Waals surface area contributed by atoms with Gasteiger partial charge >= 0.3 is 0 Å². The maximum absolute atomic E-state index is 11.4. The molecule has 0 saturated carbocycles. The SMILES string of the molecule is CC1(NCc2ncccn2)CCS(=O)(=O)C1. The van der Waals surface area contributed by atoms with Gasteiger partial charge in [-0.15, -0.1) is 0 Å². The van der Waals surface area contributed by atoms with Crippen LogP contribution in [0.25, 0.3) is 0 Å². The Bertz CT molecular complexity index is 460. The molecule has 2 rings (SSSR count). The third kappa shape index (κ3) is 2.76. The quantitative estimate of drug-likeness (QED) is 0.815. The lowest BCUT2D eigenvalue weighted by molar-refractivity contribution is 0.390. The largest absolute Gasteiger partial charge is 0.303 e. The third-order valence-corrected chi connectivity index (χ3v) is 4.70. The van der Waals surface area contributed by atoms with Crippen molar-refractivity contribution in [1.29, 1.82) is 0 Å². The van der Waals surface area contributed by atoms with Crippen molar-refractivity contribution in [3.63, 3.8) is 0 Å². The Balaban J connectivity index is 1.96. The second-order valence-corrected chi connectivity index (χ2v) is 6.61. The number of sulfone groups is 1. The number of hydrogen-bond acceptors (Lipinski definition) is 5. The van der Waals surface area contributed by atoms with Crippen molar-refractivity contribution >= 4 is 9.84 Å². The van der Waals surface area contributed by atoms with Gasteiger partial charge in [-0.1, -0.05) is 0 Å². The van der Waals surface area contributed by atoms with Gasteiger partial charge in [-0.25, -0.2) is 18.4 Å². The van der Waals surface area contributed by atoms with Crippen molar-refractivity contribution in [2.45, 2.75) is 25.4 Å². The molecule has 88 valence electrons. The minimum atomic E-state index is -2.86. The number of nitrogens with one attached hydrogen (secondary N) is 1. The van der Waals surface area contributed by atoms with Crippen molar-refractivity contribution < 1.29 is 8.42 Å². The number of rotatable bonds is 3. The van der Waals surface area contributed by atoms with E-state index >= 15 is 0 Å². The first kappa shape index (κ1) is 11.5. The molecule has 1 fully saturated rings. The van der Waals surface area contributed by atoms with E-state index in [-0.39, 0.29) is 17.0 Å². The Morgan fingerprint density at radius 1 is 1.44 bits per heavy atom. The molecular weight excluding hydrogens is 226 g/mol. The summed E-state index contributed by atoms with van der Waals surface area (Å²) in [7, 11) is -2.86. The van der Waals surface area contributed by atoms with Gasteiger partial charge in [0.1, 0.15) is 5.82 Å². The molecule has 0 spiro atoms. The summed E-state index contributed by atoms with van der Waals surface area (Å²) in [6, 6.07) is 1.76. The molecule has 1 atom stereocenters. The first-order valence-electron chi connectivity index (χ1n) is 5.21. The first-order valence-corrected chi connectivity index (χ1v) is 7.03. The van der Waals surface area contributed by atoms with Crippen LogP contribution < -0.4 is 5.32 Å². The predicted molar refractivity (Wildman–Crippen MR) is 60.5 cm³/mol. The first-order chi connectivity index (χ1) is 7.49. The molecular formula is C10H15N3O2S. The van der Waals surface area contributed by atoms with Crippen LogP contribution in [0.5, 0.6) is 0 Å². The topological polar surface area (TPSA) is 72.0 Å². The highest BCUT2D eigenvalue weighted by atomic mass is 32.2. The van der Waals surface area contributed by atoms with Crippen LogP contribution in [-0.4, -0.2) is 35.4 Å². The molecule has 1 N–H and O–H groups in total. The molecule has 1 aliphatic heterocycles. The van der Waals surface area contributed by atoms with Gasteiger partial charge in [0.15, 0.2) is 9.84 Å². The molecule has 1 aromatic rings. The smallest absolute Gasteiger partial charge is 0.152 e. The zero-order valence-electron chi connectivity index (χ0n) is 9.18. The molecule has 0 amide bonds. The van der Waals surface area contributed by atoms with Crippen LogP contribution >= 0.6 is 0 Å². The second-order valence-electron chi connectivity index (χ2n) is 4.42. The Morgan fingerprint density at radius 3 is 2.69 bits per heavy atom. The van der Waals surface area contributed by atoms with E-state index in [9.17, 15) is 8.42 Å². The predicted octanol–water partition coefficient (Wildman–Crippen LogP) is 0.143. The number of aromatic nitrogens is 2. The maximum atomic E-state index is 11.4. The minimum absolute atomic E-state index is 0.201. The minimum Gasteiger partial charge on any atom is -0.303 e. The fourth-order valence-corrected chi connectivity index (χ4v) is 3.99. The highest BCUT2D eigenvalue weighted by molar-refractivity contribution is 7.91. The normalized spacial score (nSPS) is 28.1. The van der Waals surface area contributed by atoms with Gasteiger partial charge in [0.25, 0.3) is 0 Å². The van der Waals surface area contributed by atoms with Gasteiger partial charge in [-0.05, 0) is 19.4 Å². The van der Waals surface area contributed by atoms with Crippen molar-refractivity contribution in [3.8, 4) is 0 Å². The number of nitrogens with zero attached hydrogens (tertiary/aromatic N) is 2. The summed E-state index contributed by atoms with van der Waals surface area (Å²) >= 11 is 0. The van der Waals surface area contributed by atoms with E-state index in [1.807, 2.05) is 6.92 Å². The Morgan fingerprint density at radius 2 is 2.12 bits per heavy atom. The summed E-state index contributed by atoms with van der Waals surface area (Å²) in [5.74, 6) is 1.16. The van der Waals surface area contributed by atoms with E-state index < -0.39 is 9.84 Å². The van der Waals surface area contributed by atoms with Crippen LogP contribution in [0, 0.1) is 0 Å². The lowest BCUT2D eigenvalue weighted by Crippen LogP contribution is -2.43. The van der Waals surface area contributed by atoms with Gasteiger partial charge in [0.05, 0.1) is 18.1 Å². The van der Waals surface area contributed by atoms with Crippen molar-refractivity contribution in [1.82, 2.24) is 15.3 Å². The van der Waals surface area contributed by atoms with Crippen molar-refractivity contribution in [2.24, 2.45) is 0 Å². The molecule has 0 radical (unpaired) electrons. The molecule has 0 bridgehead atoms. The zero-order chi connectivity index (χ0) is 11.6. The van der Waals surface area contributed by atoms with E-state index in [1.54, 1.807) is 18.5 Å². The summed E-state index contributed by atoms with van der Waals surface area (Å²) in [5.41, 5.74) is -0.335. The Hall–Kier alpha value is -1.01. The van der Waals surface area contributed by atoms with Crippen LogP contribution in [0.15, 0.2) is 18.5 Å². The van der Waals surface area contributed by atoms with Crippen molar-refractivity contribution in [2.75, 3.05) is 11.5 Å². The van der Waals surface area contributed by atoms with Crippen LogP contribution in [-0.2, 0) is 16.4 Å². The van der Waals surface area contributed by atoms with Gasteiger partial charge in [-0.3, -0.25) is 0 Å². The molecule has 1 aliphatic rings. The van der Waals surface area contributed by atoms with Gasteiger partial charge in [0, 0.05) is 17.9 Å². The third-order valence-electron chi connectivity index (χ3n) is 2.80. The van der Waals surface area contributed by atoms with Crippen LogP contribution in [0.1, 0.15) is 19.2 Å². The molecule has 5 nitrogen and oxygen atoms in total. The molecule has 16 heavy (non-hydrogen) atoms. The van der Waals surface area contributed by atoms with Crippen LogP contribution in [0.4, 0.5) is 0 Å². The Kier molecular flexibility index (Phi) is 2.94. The molecule has 0 aliphatic carbocycles. The summed E-state index contributed by atoms with van der Waals surface area (Å²) in [5, 5.41) is 3.23. The van der Waals surface area contributed by atoms with E-state index in [4.69, 9.17) is 0 Å². The average Bonchev–Trinajstić information content (AvgIpc) is 2.53.